The fraction of sp³-hybridized carbons (Fsp3) is 0.321. The molecule has 8 nitrogen and oxygen atoms in total. The van der Waals surface area contributed by atoms with E-state index in [2.05, 4.69) is 30.3 Å². The average Bonchev–Trinajstić information content (AvgIpc) is 3.36. The molecule has 8 heteroatoms. The van der Waals surface area contributed by atoms with Crippen molar-refractivity contribution in [3.8, 4) is 5.75 Å². The Labute approximate surface area is 211 Å². The number of aliphatic hydroxyl groups excluding tert-OH is 1. The normalized spacial score (nSPS) is 17.3. The lowest BCUT2D eigenvalue weighted by Gasteiger charge is -2.28. The lowest BCUT2D eigenvalue weighted by molar-refractivity contribution is -0.140. The van der Waals surface area contributed by atoms with Gasteiger partial charge in [0.1, 0.15) is 23.7 Å². The van der Waals surface area contributed by atoms with Crippen LogP contribution in [0.15, 0.2) is 66.9 Å². The van der Waals surface area contributed by atoms with E-state index in [1.165, 1.54) is 0 Å². The van der Waals surface area contributed by atoms with Gasteiger partial charge in [0.2, 0.25) is 0 Å². The molecule has 4 rings (SSSR count). The van der Waals surface area contributed by atoms with Crippen molar-refractivity contribution in [2.24, 2.45) is 0 Å². The highest BCUT2D eigenvalue weighted by Crippen LogP contribution is 2.40. The summed E-state index contributed by atoms with van der Waals surface area (Å²) in [5.74, 6) is -0.898. The van der Waals surface area contributed by atoms with Gasteiger partial charge in [-0.2, -0.15) is 0 Å². The minimum Gasteiger partial charge on any atom is -0.505 e. The summed E-state index contributed by atoms with van der Waals surface area (Å²) < 4.78 is 7.34. The van der Waals surface area contributed by atoms with Gasteiger partial charge < -0.3 is 19.6 Å². The molecule has 2 aromatic heterocycles. The molecule has 0 spiro atoms. The Kier molecular flexibility index (Phi) is 7.55. The number of ketones is 1. The first-order valence-corrected chi connectivity index (χ1v) is 12.2. The second kappa shape index (κ2) is 10.8. The summed E-state index contributed by atoms with van der Waals surface area (Å²) in [6.45, 7) is 12.6. The molecule has 36 heavy (non-hydrogen) atoms. The monoisotopic (exact) mass is 488 g/mol. The number of carbonyl (C=O) groups is 2. The molecule has 1 unspecified atom stereocenters. The molecule has 1 fully saturated rings. The molecule has 1 aliphatic rings. The maximum atomic E-state index is 13.4. The van der Waals surface area contributed by atoms with Crippen LogP contribution in [0.5, 0.6) is 5.75 Å². The Morgan fingerprint density at radius 1 is 1.17 bits per heavy atom. The molecular weight excluding hydrogens is 456 g/mol. The highest BCUT2D eigenvalue weighted by molar-refractivity contribution is 6.46. The number of hydrogen-bond acceptors (Lipinski definition) is 6. The number of Topliss-reactive ketones (excluding diaryl/α,β-unsaturated/α-hetero) is 1. The number of likely N-dealkylation sites (tertiary alicyclic amines) is 1. The lowest BCUT2D eigenvalue weighted by atomic mass is 9.96. The Balaban J connectivity index is 1.83. The van der Waals surface area contributed by atoms with Gasteiger partial charge in [0.15, 0.2) is 5.76 Å². The van der Waals surface area contributed by atoms with Crippen LogP contribution in [0, 0.1) is 6.92 Å². The number of hydrogen-bond donors (Lipinski definition) is 1. The molecule has 1 aliphatic heterocycles. The summed E-state index contributed by atoms with van der Waals surface area (Å²) >= 11 is 0. The first-order valence-electron chi connectivity index (χ1n) is 12.2. The van der Waals surface area contributed by atoms with Crippen LogP contribution in [0.2, 0.25) is 0 Å². The zero-order valence-corrected chi connectivity index (χ0v) is 21.0. The number of amides is 1. The predicted octanol–water partition coefficient (Wildman–Crippen LogP) is 3.97. The standard InChI is InChI=1S/C28H32N4O4/c1-5-18-36-21-13-11-20(12-14-21)25-23(27(34)28(35)32(25)17-16-30(6-2)7-3)26(33)24-19(4)29-22-10-8-9-15-31(22)24/h5,8-15,25,33H,1,6-7,16-18H2,2-4H3. The average molecular weight is 489 g/mol. The highest BCUT2D eigenvalue weighted by atomic mass is 16.5. The van der Waals surface area contributed by atoms with Gasteiger partial charge in [-0.05, 0) is 49.8 Å². The van der Waals surface area contributed by atoms with Gasteiger partial charge in [-0.25, -0.2) is 4.98 Å². The molecule has 1 amide bonds. The van der Waals surface area contributed by atoms with Crippen LogP contribution in [0.1, 0.15) is 36.8 Å². The van der Waals surface area contributed by atoms with Crippen molar-refractivity contribution in [1.29, 1.82) is 0 Å². The van der Waals surface area contributed by atoms with Gasteiger partial charge in [0.05, 0.1) is 17.3 Å². The topological polar surface area (TPSA) is 87.4 Å². The van der Waals surface area contributed by atoms with Crippen molar-refractivity contribution in [3.63, 3.8) is 0 Å². The molecule has 0 bridgehead atoms. The van der Waals surface area contributed by atoms with Crippen LogP contribution >= 0.6 is 0 Å². The number of pyridine rings is 1. The second-order valence-electron chi connectivity index (χ2n) is 8.66. The Bertz CT molecular complexity index is 1300. The van der Waals surface area contributed by atoms with Crippen molar-refractivity contribution < 1.29 is 19.4 Å². The number of aryl methyl sites for hydroxylation is 1. The zero-order chi connectivity index (χ0) is 25.8. The highest BCUT2D eigenvalue weighted by Gasteiger charge is 2.46. The molecule has 0 saturated carbocycles. The van der Waals surface area contributed by atoms with Gasteiger partial charge in [-0.3, -0.25) is 14.0 Å². The summed E-state index contributed by atoms with van der Waals surface area (Å²) in [5.41, 5.74) is 2.40. The zero-order valence-electron chi connectivity index (χ0n) is 21.0. The number of carbonyl (C=O) groups excluding carboxylic acids is 2. The SMILES string of the molecule is C=CCOc1ccc(C2C(=C(O)c3c(C)nc4ccccn34)C(=O)C(=O)N2CCN(CC)CC)cc1. The second-order valence-corrected chi connectivity index (χ2v) is 8.66. The molecule has 0 aliphatic carbocycles. The third-order valence-corrected chi connectivity index (χ3v) is 6.58. The quantitative estimate of drug-likeness (QED) is 0.201. The van der Waals surface area contributed by atoms with E-state index in [4.69, 9.17) is 4.74 Å². The summed E-state index contributed by atoms with van der Waals surface area (Å²) in [4.78, 5) is 34.9. The molecule has 3 heterocycles. The van der Waals surface area contributed by atoms with Gasteiger partial charge in [0, 0.05) is 19.3 Å². The lowest BCUT2D eigenvalue weighted by Crippen LogP contribution is -2.38. The molecular formula is C28H32N4O4. The minimum atomic E-state index is -0.734. The molecule has 3 aromatic rings. The van der Waals surface area contributed by atoms with Crippen molar-refractivity contribution in [2.75, 3.05) is 32.8 Å². The summed E-state index contributed by atoms with van der Waals surface area (Å²) in [7, 11) is 0. The molecule has 1 N–H and O–H groups in total. The number of benzene rings is 1. The summed E-state index contributed by atoms with van der Waals surface area (Å²) in [5, 5.41) is 11.5. The third-order valence-electron chi connectivity index (χ3n) is 6.58. The number of ether oxygens (including phenoxy) is 1. The smallest absolute Gasteiger partial charge is 0.295 e. The van der Waals surface area contributed by atoms with E-state index in [-0.39, 0.29) is 11.3 Å². The number of fused-ring (bicyclic) bond motifs is 1. The van der Waals surface area contributed by atoms with Crippen LogP contribution in [-0.2, 0) is 9.59 Å². The summed E-state index contributed by atoms with van der Waals surface area (Å²) in [6.07, 6.45) is 3.44. The van der Waals surface area contributed by atoms with E-state index >= 15 is 0 Å². The minimum absolute atomic E-state index is 0.0630. The number of aliphatic hydroxyl groups is 1. The predicted molar refractivity (Wildman–Crippen MR) is 139 cm³/mol. The molecule has 1 aromatic carbocycles. The fourth-order valence-corrected chi connectivity index (χ4v) is 4.67. The van der Waals surface area contributed by atoms with Crippen LogP contribution < -0.4 is 4.74 Å². The van der Waals surface area contributed by atoms with E-state index in [0.717, 1.165) is 13.1 Å². The van der Waals surface area contributed by atoms with Crippen LogP contribution in [0.3, 0.4) is 0 Å². The molecule has 188 valence electrons. The van der Waals surface area contributed by atoms with Crippen molar-refractivity contribution in [1.82, 2.24) is 19.2 Å². The third kappa shape index (κ3) is 4.64. The van der Waals surface area contributed by atoms with E-state index < -0.39 is 17.7 Å². The van der Waals surface area contributed by atoms with Gasteiger partial charge in [0.25, 0.3) is 11.7 Å². The van der Waals surface area contributed by atoms with Crippen LogP contribution in [0.25, 0.3) is 11.4 Å². The largest absolute Gasteiger partial charge is 0.505 e. The Morgan fingerprint density at radius 2 is 1.89 bits per heavy atom. The van der Waals surface area contributed by atoms with Gasteiger partial charge in [-0.1, -0.05) is 44.7 Å². The van der Waals surface area contributed by atoms with Gasteiger partial charge in [-0.15, -0.1) is 0 Å². The van der Waals surface area contributed by atoms with Crippen molar-refractivity contribution in [2.45, 2.75) is 26.8 Å². The van der Waals surface area contributed by atoms with E-state index in [1.807, 2.05) is 30.3 Å². The first-order chi connectivity index (χ1) is 17.4. The molecule has 1 saturated heterocycles. The fourth-order valence-electron chi connectivity index (χ4n) is 4.67. The van der Waals surface area contributed by atoms with Crippen LogP contribution in [0.4, 0.5) is 0 Å². The number of rotatable bonds is 10. The maximum absolute atomic E-state index is 13.4. The van der Waals surface area contributed by atoms with Crippen LogP contribution in [-0.4, -0.2) is 68.8 Å². The van der Waals surface area contributed by atoms with Gasteiger partial charge >= 0.3 is 0 Å². The van der Waals surface area contributed by atoms with E-state index in [1.54, 1.807) is 40.6 Å². The number of aromatic nitrogens is 2. The first kappa shape index (κ1) is 25.2. The van der Waals surface area contributed by atoms with Crippen molar-refractivity contribution >= 4 is 23.1 Å². The number of nitrogens with zero attached hydrogens (tertiary/aromatic N) is 4. The Hall–Kier alpha value is -3.91. The summed E-state index contributed by atoms with van der Waals surface area (Å²) in [6, 6.07) is 12.0. The van der Waals surface area contributed by atoms with Crippen molar-refractivity contribution in [3.05, 3.63) is 83.8 Å². The Morgan fingerprint density at radius 3 is 2.56 bits per heavy atom. The maximum Gasteiger partial charge on any atom is 0.295 e. The molecule has 1 atom stereocenters. The molecule has 0 radical (unpaired) electrons. The van der Waals surface area contributed by atoms with E-state index in [0.29, 0.717) is 48.0 Å². The number of imidazole rings is 1. The van der Waals surface area contributed by atoms with E-state index in [9.17, 15) is 14.7 Å². The number of likely N-dealkylation sites (N-methyl/N-ethyl adjacent to an activating group) is 1.